The molecule has 35 heavy (non-hydrogen) atoms. The van der Waals surface area contributed by atoms with Crippen LogP contribution in [0.2, 0.25) is 0 Å². The second-order valence-corrected chi connectivity index (χ2v) is 8.19. The van der Waals surface area contributed by atoms with Crippen LogP contribution in [0.15, 0.2) is 54.6 Å². The van der Waals surface area contributed by atoms with Crippen LogP contribution in [0.5, 0.6) is 11.5 Å². The zero-order valence-electron chi connectivity index (χ0n) is 18.9. The Morgan fingerprint density at radius 1 is 1.00 bits per heavy atom. The standard InChI is InChI=1S/C27H23NO7/c1-2-5-21(35-22(31)12-15-8-10-16(11-9-15)28-14-29)19-13-20(30)23-24(27(19)34)26(33)18-7-4-3-6-17(18)25(23)32/h3-4,6-11,13-14,21,30,34H,2,5,12H2,1H3,(H,28,29). The minimum absolute atomic E-state index is 0.0579. The van der Waals surface area contributed by atoms with Gasteiger partial charge in [0.1, 0.15) is 17.6 Å². The van der Waals surface area contributed by atoms with Crippen LogP contribution in [0.3, 0.4) is 0 Å². The second kappa shape index (κ2) is 9.80. The first-order valence-corrected chi connectivity index (χ1v) is 11.1. The topological polar surface area (TPSA) is 130 Å². The lowest BCUT2D eigenvalue weighted by atomic mass is 9.81. The maximum absolute atomic E-state index is 13.1. The summed E-state index contributed by atoms with van der Waals surface area (Å²) in [6.45, 7) is 1.86. The highest BCUT2D eigenvalue weighted by atomic mass is 16.5. The van der Waals surface area contributed by atoms with Gasteiger partial charge in [0, 0.05) is 22.4 Å². The average Bonchev–Trinajstić information content (AvgIpc) is 2.85. The van der Waals surface area contributed by atoms with Crippen molar-refractivity contribution in [2.24, 2.45) is 0 Å². The van der Waals surface area contributed by atoms with Crippen molar-refractivity contribution in [3.63, 3.8) is 0 Å². The lowest BCUT2D eigenvalue weighted by Crippen LogP contribution is -2.22. The number of esters is 1. The molecule has 3 aromatic carbocycles. The molecular formula is C27H23NO7. The molecule has 0 heterocycles. The lowest BCUT2D eigenvalue weighted by Gasteiger charge is -2.24. The van der Waals surface area contributed by atoms with Crippen molar-refractivity contribution in [2.75, 3.05) is 5.32 Å². The largest absolute Gasteiger partial charge is 0.507 e. The van der Waals surface area contributed by atoms with E-state index in [-0.39, 0.29) is 34.2 Å². The molecule has 0 aromatic heterocycles. The monoisotopic (exact) mass is 473 g/mol. The van der Waals surface area contributed by atoms with Crippen LogP contribution in [0.4, 0.5) is 5.69 Å². The fourth-order valence-electron chi connectivity index (χ4n) is 4.22. The van der Waals surface area contributed by atoms with E-state index < -0.39 is 35.1 Å². The van der Waals surface area contributed by atoms with Crippen LogP contribution in [-0.2, 0) is 20.7 Å². The van der Waals surface area contributed by atoms with Gasteiger partial charge < -0.3 is 20.3 Å². The first-order valence-electron chi connectivity index (χ1n) is 11.1. The van der Waals surface area contributed by atoms with Gasteiger partial charge in [-0.15, -0.1) is 0 Å². The number of fused-ring (bicyclic) bond motifs is 2. The highest BCUT2D eigenvalue weighted by Gasteiger charge is 2.37. The normalized spacial score (nSPS) is 12.9. The summed E-state index contributed by atoms with van der Waals surface area (Å²) >= 11 is 0. The molecule has 0 radical (unpaired) electrons. The molecule has 1 aliphatic carbocycles. The molecule has 0 saturated heterocycles. The zero-order chi connectivity index (χ0) is 25.1. The summed E-state index contributed by atoms with van der Waals surface area (Å²) in [6, 6.07) is 14.0. The summed E-state index contributed by atoms with van der Waals surface area (Å²) in [5, 5.41) is 24.2. The molecule has 0 saturated carbocycles. The Labute approximate surface area is 201 Å². The highest BCUT2D eigenvalue weighted by molar-refractivity contribution is 6.30. The smallest absolute Gasteiger partial charge is 0.310 e. The maximum atomic E-state index is 13.1. The van der Waals surface area contributed by atoms with Gasteiger partial charge in [-0.2, -0.15) is 0 Å². The van der Waals surface area contributed by atoms with Gasteiger partial charge in [-0.1, -0.05) is 49.7 Å². The lowest BCUT2D eigenvalue weighted by molar-refractivity contribution is -0.149. The van der Waals surface area contributed by atoms with Gasteiger partial charge in [0.05, 0.1) is 17.5 Å². The van der Waals surface area contributed by atoms with Crippen molar-refractivity contribution in [2.45, 2.75) is 32.3 Å². The van der Waals surface area contributed by atoms with Crippen molar-refractivity contribution < 1.29 is 34.1 Å². The van der Waals surface area contributed by atoms with Gasteiger partial charge in [0.25, 0.3) is 0 Å². The molecular weight excluding hydrogens is 450 g/mol. The number of carbonyl (C=O) groups excluding carboxylic acids is 4. The van der Waals surface area contributed by atoms with E-state index in [1.807, 2.05) is 6.92 Å². The number of phenolic OH excluding ortho intramolecular Hbond substituents is 2. The minimum Gasteiger partial charge on any atom is -0.507 e. The van der Waals surface area contributed by atoms with Gasteiger partial charge in [-0.05, 0) is 30.2 Å². The average molecular weight is 473 g/mol. The third kappa shape index (κ3) is 4.50. The van der Waals surface area contributed by atoms with E-state index in [2.05, 4.69) is 5.32 Å². The van der Waals surface area contributed by atoms with Crippen molar-refractivity contribution >= 4 is 29.6 Å². The number of carbonyl (C=O) groups is 4. The number of anilines is 1. The third-order valence-corrected chi connectivity index (χ3v) is 5.88. The molecule has 4 rings (SSSR count). The number of amides is 1. The molecule has 8 nitrogen and oxygen atoms in total. The van der Waals surface area contributed by atoms with Crippen LogP contribution in [0, 0.1) is 0 Å². The van der Waals surface area contributed by atoms with Gasteiger partial charge in [0.15, 0.2) is 11.6 Å². The van der Waals surface area contributed by atoms with Gasteiger partial charge in [0.2, 0.25) is 6.41 Å². The minimum atomic E-state index is -0.945. The number of ether oxygens (including phenoxy) is 1. The summed E-state index contributed by atoms with van der Waals surface area (Å²) in [6.07, 6.45) is 0.440. The highest BCUT2D eigenvalue weighted by Crippen LogP contribution is 2.43. The molecule has 0 bridgehead atoms. The van der Waals surface area contributed by atoms with Gasteiger partial charge in [-0.25, -0.2) is 0 Å². The van der Waals surface area contributed by atoms with Crippen molar-refractivity contribution in [3.8, 4) is 11.5 Å². The number of nitrogens with one attached hydrogen (secondary N) is 1. The molecule has 3 aromatic rings. The first-order chi connectivity index (χ1) is 16.8. The summed E-state index contributed by atoms with van der Waals surface area (Å²) in [5.74, 6) is -2.68. The van der Waals surface area contributed by atoms with E-state index in [1.54, 1.807) is 36.4 Å². The van der Waals surface area contributed by atoms with Gasteiger partial charge >= 0.3 is 5.97 Å². The van der Waals surface area contributed by atoms with Gasteiger partial charge in [-0.3, -0.25) is 19.2 Å². The fourth-order valence-corrected chi connectivity index (χ4v) is 4.22. The van der Waals surface area contributed by atoms with E-state index in [0.717, 1.165) is 0 Å². The van der Waals surface area contributed by atoms with Crippen LogP contribution in [0.1, 0.15) is 68.8 Å². The van der Waals surface area contributed by atoms with Crippen molar-refractivity contribution in [1.29, 1.82) is 0 Å². The number of phenols is 2. The van der Waals surface area contributed by atoms with E-state index in [1.165, 1.54) is 18.2 Å². The number of aromatic hydroxyl groups is 2. The predicted octanol–water partition coefficient (Wildman–Crippen LogP) is 4.07. The molecule has 1 atom stereocenters. The van der Waals surface area contributed by atoms with Crippen LogP contribution in [0.25, 0.3) is 0 Å². The number of hydrogen-bond acceptors (Lipinski definition) is 7. The van der Waals surface area contributed by atoms with Crippen molar-refractivity contribution in [1.82, 2.24) is 0 Å². The summed E-state index contributed by atoms with van der Waals surface area (Å²) in [7, 11) is 0. The number of rotatable bonds is 8. The van der Waals surface area contributed by atoms with E-state index in [9.17, 15) is 29.4 Å². The predicted molar refractivity (Wildman–Crippen MR) is 127 cm³/mol. The SMILES string of the molecule is CCCC(OC(=O)Cc1ccc(NC=O)cc1)c1cc(O)c2c(c1O)C(=O)c1ccccc1C2=O. The van der Waals surface area contributed by atoms with Crippen LogP contribution >= 0.6 is 0 Å². The maximum Gasteiger partial charge on any atom is 0.310 e. The summed E-state index contributed by atoms with van der Waals surface area (Å²) in [5.41, 5.74) is 1.02. The Morgan fingerprint density at radius 3 is 2.23 bits per heavy atom. The Hall–Kier alpha value is -4.46. The third-order valence-electron chi connectivity index (χ3n) is 5.88. The molecule has 0 fully saturated rings. The van der Waals surface area contributed by atoms with Crippen LogP contribution < -0.4 is 5.32 Å². The quantitative estimate of drug-likeness (QED) is 0.200. The summed E-state index contributed by atoms with van der Waals surface area (Å²) in [4.78, 5) is 49.3. The van der Waals surface area contributed by atoms with E-state index >= 15 is 0 Å². The zero-order valence-corrected chi connectivity index (χ0v) is 18.9. The van der Waals surface area contributed by atoms with E-state index in [4.69, 9.17) is 4.74 Å². The fraction of sp³-hybridized carbons (Fsp3) is 0.185. The first kappa shape index (κ1) is 23.7. The molecule has 0 aliphatic heterocycles. The number of hydrogen-bond donors (Lipinski definition) is 3. The van der Waals surface area contributed by atoms with Crippen LogP contribution in [-0.4, -0.2) is 34.2 Å². The summed E-state index contributed by atoms with van der Waals surface area (Å²) < 4.78 is 5.64. The van der Waals surface area contributed by atoms with Crippen molar-refractivity contribution in [3.05, 3.63) is 88.0 Å². The number of benzene rings is 3. The Balaban J connectivity index is 1.64. The van der Waals surface area contributed by atoms with E-state index in [0.29, 0.717) is 30.5 Å². The molecule has 1 aliphatic rings. The molecule has 0 spiro atoms. The molecule has 3 N–H and O–H groups in total. The molecule has 8 heteroatoms. The Bertz CT molecular complexity index is 1330. The molecule has 1 unspecified atom stereocenters. The number of ketones is 2. The Morgan fingerprint density at radius 2 is 1.63 bits per heavy atom. The molecule has 178 valence electrons. The Kier molecular flexibility index (Phi) is 6.64. The second-order valence-electron chi connectivity index (χ2n) is 8.19. The molecule has 1 amide bonds.